The summed E-state index contributed by atoms with van der Waals surface area (Å²) in [4.78, 5) is 25.0. The van der Waals surface area contributed by atoms with Crippen molar-refractivity contribution >= 4 is 63.1 Å². The summed E-state index contributed by atoms with van der Waals surface area (Å²) in [6.07, 6.45) is 0. The first-order chi connectivity index (χ1) is 15.4. The average Bonchev–Trinajstić information content (AvgIpc) is 3.18. The van der Waals surface area contributed by atoms with Crippen molar-refractivity contribution < 1.29 is 14.0 Å². The van der Waals surface area contributed by atoms with Crippen LogP contribution < -0.4 is 16.0 Å². The third-order valence-electron chi connectivity index (χ3n) is 4.62. The van der Waals surface area contributed by atoms with Crippen molar-refractivity contribution in [2.75, 3.05) is 10.6 Å². The molecule has 0 aliphatic heterocycles. The van der Waals surface area contributed by atoms with Crippen LogP contribution in [0.15, 0.2) is 77.2 Å². The summed E-state index contributed by atoms with van der Waals surface area (Å²) in [7, 11) is 0. The van der Waals surface area contributed by atoms with E-state index in [1.807, 2.05) is 25.1 Å². The Kier molecular flexibility index (Phi) is 6.20. The molecule has 0 saturated heterocycles. The number of anilines is 2. The van der Waals surface area contributed by atoms with Crippen molar-refractivity contribution in [3.05, 3.63) is 94.7 Å². The zero-order chi connectivity index (χ0) is 22.7. The van der Waals surface area contributed by atoms with E-state index in [0.717, 1.165) is 10.9 Å². The number of carbonyl (C=O) groups excluding carboxylic acids is 2. The largest absolute Gasteiger partial charge is 0.451 e. The van der Waals surface area contributed by atoms with E-state index in [-0.39, 0.29) is 16.8 Å². The first kappa shape index (κ1) is 21.5. The number of halogens is 1. The normalized spacial score (nSPS) is 10.6. The summed E-state index contributed by atoms with van der Waals surface area (Å²) in [5, 5.41) is 9.62. The third kappa shape index (κ3) is 4.96. The Hall–Kier alpha value is -3.68. The fraction of sp³-hybridized carbons (Fsp3) is 0.0417. The molecule has 3 aromatic carbocycles. The molecule has 0 spiro atoms. The molecule has 4 aromatic rings. The number of carbonyl (C=O) groups is 2. The zero-order valence-corrected chi connectivity index (χ0v) is 18.5. The Balaban J connectivity index is 1.40. The van der Waals surface area contributed by atoms with Crippen molar-refractivity contribution in [3.8, 4) is 0 Å². The number of furan rings is 1. The van der Waals surface area contributed by atoms with E-state index in [1.165, 1.54) is 0 Å². The molecule has 3 N–H and O–H groups in total. The van der Waals surface area contributed by atoms with Crippen LogP contribution in [-0.2, 0) is 0 Å². The van der Waals surface area contributed by atoms with Crippen LogP contribution in [0.5, 0.6) is 0 Å². The van der Waals surface area contributed by atoms with Gasteiger partial charge in [-0.05, 0) is 67.2 Å². The van der Waals surface area contributed by atoms with Crippen LogP contribution in [0.1, 0.15) is 26.5 Å². The predicted molar refractivity (Wildman–Crippen MR) is 130 cm³/mol. The van der Waals surface area contributed by atoms with Gasteiger partial charge in [0.05, 0.1) is 10.6 Å². The number of aryl methyl sites for hydroxylation is 1. The molecule has 160 valence electrons. The smallest absolute Gasteiger partial charge is 0.291 e. The molecule has 4 rings (SSSR count). The first-order valence-corrected chi connectivity index (χ1v) is 10.5. The molecule has 0 bridgehead atoms. The van der Waals surface area contributed by atoms with E-state index in [2.05, 4.69) is 16.0 Å². The second kappa shape index (κ2) is 9.21. The van der Waals surface area contributed by atoms with Gasteiger partial charge in [-0.25, -0.2) is 0 Å². The van der Waals surface area contributed by atoms with Gasteiger partial charge in [-0.3, -0.25) is 14.9 Å². The molecule has 6 nitrogen and oxygen atoms in total. The minimum absolute atomic E-state index is 0.104. The fourth-order valence-corrected chi connectivity index (χ4v) is 3.63. The number of hydrogen-bond donors (Lipinski definition) is 3. The van der Waals surface area contributed by atoms with Gasteiger partial charge in [0.15, 0.2) is 10.9 Å². The number of hydrogen-bond acceptors (Lipinski definition) is 4. The highest BCUT2D eigenvalue weighted by molar-refractivity contribution is 7.80. The van der Waals surface area contributed by atoms with E-state index in [9.17, 15) is 9.59 Å². The van der Waals surface area contributed by atoms with E-state index in [0.29, 0.717) is 27.5 Å². The van der Waals surface area contributed by atoms with Gasteiger partial charge in [0, 0.05) is 16.8 Å². The average molecular weight is 464 g/mol. The number of para-hydroxylation sites is 1. The summed E-state index contributed by atoms with van der Waals surface area (Å²) in [6, 6.07) is 21.2. The minimum atomic E-state index is -0.415. The van der Waals surface area contributed by atoms with Crippen LogP contribution in [0, 0.1) is 6.92 Å². The maximum Gasteiger partial charge on any atom is 0.291 e. The van der Waals surface area contributed by atoms with Crippen LogP contribution in [0.4, 0.5) is 11.4 Å². The quantitative estimate of drug-likeness (QED) is 0.334. The van der Waals surface area contributed by atoms with Crippen LogP contribution in [0.3, 0.4) is 0 Å². The van der Waals surface area contributed by atoms with Crippen LogP contribution in [0.2, 0.25) is 5.02 Å². The lowest BCUT2D eigenvalue weighted by Crippen LogP contribution is -2.34. The Labute approximate surface area is 194 Å². The van der Waals surface area contributed by atoms with Crippen LogP contribution in [-0.4, -0.2) is 16.9 Å². The highest BCUT2D eigenvalue weighted by atomic mass is 35.5. The molecule has 0 saturated carbocycles. The van der Waals surface area contributed by atoms with E-state index < -0.39 is 5.91 Å². The lowest BCUT2D eigenvalue weighted by molar-refractivity contribution is 0.0975. The number of thiocarbonyl (C=S) groups is 1. The molecular formula is C24H18ClN3O3S. The minimum Gasteiger partial charge on any atom is -0.451 e. The monoisotopic (exact) mass is 463 g/mol. The molecule has 8 heteroatoms. The molecule has 2 amide bonds. The molecule has 0 aliphatic rings. The summed E-state index contributed by atoms with van der Waals surface area (Å²) in [5.74, 6) is -0.576. The summed E-state index contributed by atoms with van der Waals surface area (Å²) < 4.78 is 5.59. The lowest BCUT2D eigenvalue weighted by atomic mass is 10.1. The van der Waals surface area contributed by atoms with Gasteiger partial charge in [0.25, 0.3) is 11.8 Å². The second-order valence-electron chi connectivity index (χ2n) is 7.07. The molecule has 0 atom stereocenters. The van der Waals surface area contributed by atoms with Crippen LogP contribution in [0.25, 0.3) is 11.0 Å². The van der Waals surface area contributed by atoms with E-state index >= 15 is 0 Å². The maximum atomic E-state index is 12.6. The number of amides is 2. The molecule has 1 aromatic heterocycles. The molecular weight excluding hydrogens is 446 g/mol. The maximum absolute atomic E-state index is 12.6. The van der Waals surface area contributed by atoms with Crippen molar-refractivity contribution in [1.29, 1.82) is 0 Å². The molecule has 1 heterocycles. The molecule has 0 unspecified atom stereocenters. The molecule has 32 heavy (non-hydrogen) atoms. The van der Waals surface area contributed by atoms with Crippen molar-refractivity contribution in [1.82, 2.24) is 5.32 Å². The molecule has 0 aliphatic carbocycles. The Morgan fingerprint density at radius 1 is 0.875 bits per heavy atom. The fourth-order valence-electron chi connectivity index (χ4n) is 3.10. The SMILES string of the molecule is Cc1ccc(C(=O)NC(=S)Nc2cccc(NC(=O)c3cc4ccccc4o3)c2)c(Cl)c1. The van der Waals surface area contributed by atoms with E-state index in [4.69, 9.17) is 28.2 Å². The molecule has 0 fully saturated rings. The number of nitrogens with one attached hydrogen (secondary N) is 3. The summed E-state index contributed by atoms with van der Waals surface area (Å²) in [5.41, 5.74) is 3.05. The van der Waals surface area contributed by atoms with E-state index in [1.54, 1.807) is 54.6 Å². The highest BCUT2D eigenvalue weighted by Gasteiger charge is 2.14. The van der Waals surface area contributed by atoms with Gasteiger partial charge in [0.1, 0.15) is 5.58 Å². The first-order valence-electron chi connectivity index (χ1n) is 9.67. The topological polar surface area (TPSA) is 83.4 Å². The number of fused-ring (bicyclic) bond motifs is 1. The van der Waals surface area contributed by atoms with Crippen LogP contribution >= 0.6 is 23.8 Å². The van der Waals surface area contributed by atoms with Crippen molar-refractivity contribution in [3.63, 3.8) is 0 Å². The summed E-state index contributed by atoms with van der Waals surface area (Å²) >= 11 is 11.4. The van der Waals surface area contributed by atoms with Gasteiger partial charge in [-0.15, -0.1) is 0 Å². The lowest BCUT2D eigenvalue weighted by Gasteiger charge is -2.12. The second-order valence-corrected chi connectivity index (χ2v) is 7.89. The third-order valence-corrected chi connectivity index (χ3v) is 5.14. The van der Waals surface area contributed by atoms with Crippen molar-refractivity contribution in [2.24, 2.45) is 0 Å². The Morgan fingerprint density at radius 3 is 2.38 bits per heavy atom. The van der Waals surface area contributed by atoms with Crippen molar-refractivity contribution in [2.45, 2.75) is 6.92 Å². The zero-order valence-electron chi connectivity index (χ0n) is 16.9. The standard InChI is InChI=1S/C24H18ClN3O3S/c1-14-9-10-18(19(25)11-14)22(29)28-24(32)27-17-7-4-6-16(13-17)26-23(30)21-12-15-5-2-3-8-20(15)31-21/h2-13H,1H3,(H,26,30)(H2,27,28,29,32). The van der Waals surface area contributed by atoms with Gasteiger partial charge < -0.3 is 15.1 Å². The van der Waals surface area contributed by atoms with Gasteiger partial charge in [-0.2, -0.15) is 0 Å². The number of rotatable bonds is 4. The highest BCUT2D eigenvalue weighted by Crippen LogP contribution is 2.21. The Morgan fingerprint density at radius 2 is 1.62 bits per heavy atom. The van der Waals surface area contributed by atoms with Gasteiger partial charge in [-0.1, -0.05) is 41.9 Å². The predicted octanol–water partition coefficient (Wildman–Crippen LogP) is 5.77. The van der Waals surface area contributed by atoms with Gasteiger partial charge >= 0.3 is 0 Å². The Bertz CT molecular complexity index is 1320. The summed E-state index contributed by atoms with van der Waals surface area (Å²) in [6.45, 7) is 1.89. The van der Waals surface area contributed by atoms with Gasteiger partial charge in [0.2, 0.25) is 0 Å². The number of benzene rings is 3. The molecule has 0 radical (unpaired) electrons.